The fourth-order valence-electron chi connectivity index (χ4n) is 3.36. The minimum Gasteiger partial charge on any atom is -0.316 e. The van der Waals surface area contributed by atoms with Crippen molar-refractivity contribution >= 4 is 0 Å². The Kier molecular flexibility index (Phi) is 3.46. The maximum atomic E-state index is 4.10. The monoisotopic (exact) mass is 246 g/mol. The van der Waals surface area contributed by atoms with E-state index in [1.807, 2.05) is 6.33 Å². The van der Waals surface area contributed by atoms with Gasteiger partial charge in [-0.05, 0) is 37.1 Å². The number of aromatic nitrogens is 3. The van der Waals surface area contributed by atoms with Gasteiger partial charge in [0.2, 0.25) is 0 Å². The molecule has 0 aliphatic heterocycles. The molecule has 0 aromatic carbocycles. The first-order chi connectivity index (χ1) is 8.86. The maximum Gasteiger partial charge on any atom is 0.132 e. The highest BCUT2D eigenvalue weighted by atomic mass is 15.3. The zero-order valence-electron chi connectivity index (χ0n) is 11.0. The molecule has 0 radical (unpaired) electrons. The molecule has 1 fully saturated rings. The fourth-order valence-corrected chi connectivity index (χ4v) is 3.36. The van der Waals surface area contributed by atoms with Crippen LogP contribution in [0.5, 0.6) is 0 Å². The number of aryl methyl sites for hydroxylation is 1. The van der Waals surface area contributed by atoms with Gasteiger partial charge in [-0.2, -0.15) is 0 Å². The number of rotatable bonds is 6. The lowest BCUT2D eigenvalue weighted by Gasteiger charge is -2.18. The van der Waals surface area contributed by atoms with Gasteiger partial charge in [-0.15, -0.1) is 10.2 Å². The molecule has 2 aliphatic carbocycles. The third kappa shape index (κ3) is 2.34. The van der Waals surface area contributed by atoms with Crippen molar-refractivity contribution in [2.45, 2.75) is 32.7 Å². The highest BCUT2D eigenvalue weighted by Crippen LogP contribution is 2.42. The molecule has 1 aromatic heterocycles. The molecule has 0 amide bonds. The first-order valence-electron chi connectivity index (χ1n) is 7.12. The second kappa shape index (κ2) is 5.22. The minimum absolute atomic E-state index is 0.851. The van der Waals surface area contributed by atoms with E-state index in [1.165, 1.54) is 12.8 Å². The van der Waals surface area contributed by atoms with Crippen LogP contribution >= 0.6 is 0 Å². The number of fused-ring (bicyclic) bond motifs is 2. The predicted molar refractivity (Wildman–Crippen MR) is 71.1 cm³/mol. The molecule has 4 nitrogen and oxygen atoms in total. The van der Waals surface area contributed by atoms with Crippen molar-refractivity contribution in [2.75, 3.05) is 13.1 Å². The normalized spacial score (nSPS) is 29.3. The largest absolute Gasteiger partial charge is 0.316 e. The van der Waals surface area contributed by atoms with Crippen molar-refractivity contribution in [3.8, 4) is 0 Å². The summed E-state index contributed by atoms with van der Waals surface area (Å²) in [5, 5.41) is 11.6. The second-order valence-corrected chi connectivity index (χ2v) is 5.54. The molecule has 2 aliphatic rings. The Morgan fingerprint density at radius 3 is 3.06 bits per heavy atom. The van der Waals surface area contributed by atoms with Gasteiger partial charge in [0.15, 0.2) is 0 Å². The number of hydrogen-bond donors (Lipinski definition) is 1. The average Bonchev–Trinajstić information content (AvgIpc) is 3.10. The van der Waals surface area contributed by atoms with E-state index in [0.29, 0.717) is 0 Å². The topological polar surface area (TPSA) is 42.7 Å². The first kappa shape index (κ1) is 11.9. The molecule has 0 spiro atoms. The van der Waals surface area contributed by atoms with E-state index in [1.54, 1.807) is 0 Å². The number of hydrogen-bond acceptors (Lipinski definition) is 3. The van der Waals surface area contributed by atoms with Gasteiger partial charge in [-0.3, -0.25) is 0 Å². The van der Waals surface area contributed by atoms with Gasteiger partial charge >= 0.3 is 0 Å². The Bertz CT molecular complexity index is 423. The Morgan fingerprint density at radius 1 is 1.39 bits per heavy atom. The lowest BCUT2D eigenvalue weighted by Crippen LogP contribution is -2.28. The Hall–Kier alpha value is -1.16. The maximum absolute atomic E-state index is 4.10. The molecule has 2 bridgehead atoms. The molecule has 0 saturated heterocycles. The van der Waals surface area contributed by atoms with Crippen LogP contribution in [0.1, 0.15) is 25.6 Å². The summed E-state index contributed by atoms with van der Waals surface area (Å²) in [5.74, 6) is 3.68. The summed E-state index contributed by atoms with van der Waals surface area (Å²) in [7, 11) is 0. The summed E-state index contributed by atoms with van der Waals surface area (Å²) in [6, 6.07) is 0. The third-order valence-corrected chi connectivity index (χ3v) is 4.36. The number of allylic oxidation sites excluding steroid dienone is 2. The first-order valence-corrected chi connectivity index (χ1v) is 7.12. The van der Waals surface area contributed by atoms with E-state index in [-0.39, 0.29) is 0 Å². The molecular formula is C14H22N4. The summed E-state index contributed by atoms with van der Waals surface area (Å²) in [6.07, 6.45) is 10.4. The van der Waals surface area contributed by atoms with Crippen LogP contribution in [0, 0.1) is 17.8 Å². The standard InChI is InChI=1S/C14H22N4/c1-2-14-17-16-10-18(14)6-5-15-9-13-8-11-3-4-12(13)7-11/h3-4,10-13,15H,2,5-9H2,1H3/t11-,12-,13-/m0/s1. The van der Waals surface area contributed by atoms with Gasteiger partial charge < -0.3 is 9.88 Å². The van der Waals surface area contributed by atoms with Crippen LogP contribution in [0.4, 0.5) is 0 Å². The zero-order valence-corrected chi connectivity index (χ0v) is 11.0. The zero-order chi connectivity index (χ0) is 12.4. The van der Waals surface area contributed by atoms with Gasteiger partial charge in [0.25, 0.3) is 0 Å². The average molecular weight is 246 g/mol. The van der Waals surface area contributed by atoms with Gasteiger partial charge in [0.05, 0.1) is 0 Å². The summed E-state index contributed by atoms with van der Waals surface area (Å²) in [6.45, 7) is 5.28. The number of nitrogens with zero attached hydrogens (tertiary/aromatic N) is 3. The summed E-state index contributed by atoms with van der Waals surface area (Å²) < 4.78 is 2.15. The molecule has 1 aromatic rings. The van der Waals surface area contributed by atoms with E-state index in [9.17, 15) is 0 Å². The Labute approximate surface area is 108 Å². The van der Waals surface area contributed by atoms with Gasteiger partial charge in [-0.25, -0.2) is 0 Å². The molecule has 3 rings (SSSR count). The van der Waals surface area contributed by atoms with Crippen LogP contribution in [-0.2, 0) is 13.0 Å². The summed E-state index contributed by atoms with van der Waals surface area (Å²) in [4.78, 5) is 0. The van der Waals surface area contributed by atoms with Crippen LogP contribution in [-0.4, -0.2) is 27.9 Å². The van der Waals surface area contributed by atoms with Gasteiger partial charge in [-0.1, -0.05) is 19.1 Å². The van der Waals surface area contributed by atoms with Crippen molar-refractivity contribution in [3.63, 3.8) is 0 Å². The fraction of sp³-hybridized carbons (Fsp3) is 0.714. The Morgan fingerprint density at radius 2 is 2.33 bits per heavy atom. The van der Waals surface area contributed by atoms with E-state index < -0.39 is 0 Å². The molecule has 1 saturated carbocycles. The molecule has 1 N–H and O–H groups in total. The van der Waals surface area contributed by atoms with E-state index >= 15 is 0 Å². The van der Waals surface area contributed by atoms with Crippen molar-refractivity contribution < 1.29 is 0 Å². The Balaban J connectivity index is 1.39. The SMILES string of the molecule is CCc1nncn1CCNC[C@@H]1C[C@H]2C=C[C@H]1C2. The predicted octanol–water partition coefficient (Wildman–Crippen LogP) is 1.64. The van der Waals surface area contributed by atoms with Crippen LogP contribution < -0.4 is 5.32 Å². The molecule has 98 valence electrons. The van der Waals surface area contributed by atoms with Crippen LogP contribution in [0.3, 0.4) is 0 Å². The lowest BCUT2D eigenvalue weighted by molar-refractivity contribution is 0.408. The van der Waals surface area contributed by atoms with Crippen molar-refractivity contribution in [3.05, 3.63) is 24.3 Å². The summed E-state index contributed by atoms with van der Waals surface area (Å²) >= 11 is 0. The van der Waals surface area contributed by atoms with Crippen molar-refractivity contribution in [2.24, 2.45) is 17.8 Å². The van der Waals surface area contributed by atoms with Gasteiger partial charge in [0.1, 0.15) is 12.2 Å². The molecule has 1 heterocycles. The third-order valence-electron chi connectivity index (χ3n) is 4.36. The second-order valence-electron chi connectivity index (χ2n) is 5.54. The lowest BCUT2D eigenvalue weighted by atomic mass is 9.94. The smallest absolute Gasteiger partial charge is 0.132 e. The van der Waals surface area contributed by atoms with Crippen LogP contribution in [0.15, 0.2) is 18.5 Å². The minimum atomic E-state index is 0.851. The molecular weight excluding hydrogens is 224 g/mol. The van der Waals surface area contributed by atoms with Crippen molar-refractivity contribution in [1.29, 1.82) is 0 Å². The van der Waals surface area contributed by atoms with E-state index in [2.05, 4.69) is 39.2 Å². The quantitative estimate of drug-likeness (QED) is 0.613. The molecule has 4 heteroatoms. The highest BCUT2D eigenvalue weighted by Gasteiger charge is 2.34. The van der Waals surface area contributed by atoms with Crippen LogP contribution in [0.2, 0.25) is 0 Å². The van der Waals surface area contributed by atoms with E-state index in [4.69, 9.17) is 0 Å². The van der Waals surface area contributed by atoms with E-state index in [0.717, 1.165) is 49.6 Å². The number of nitrogens with one attached hydrogen (secondary N) is 1. The van der Waals surface area contributed by atoms with Crippen molar-refractivity contribution in [1.82, 2.24) is 20.1 Å². The van der Waals surface area contributed by atoms with Gasteiger partial charge in [0, 0.05) is 19.5 Å². The summed E-state index contributed by atoms with van der Waals surface area (Å²) in [5.41, 5.74) is 0. The molecule has 3 atom stereocenters. The molecule has 18 heavy (non-hydrogen) atoms. The highest BCUT2D eigenvalue weighted by molar-refractivity contribution is 5.10. The molecule has 0 unspecified atom stereocenters. The van der Waals surface area contributed by atoms with Crippen LogP contribution in [0.25, 0.3) is 0 Å².